The van der Waals surface area contributed by atoms with Crippen LogP contribution in [0.25, 0.3) is 11.1 Å². The summed E-state index contributed by atoms with van der Waals surface area (Å²) in [5, 5.41) is 0.467. The molecule has 0 bridgehead atoms. The van der Waals surface area contributed by atoms with Gasteiger partial charge in [0.1, 0.15) is 22.8 Å². The molecule has 0 spiro atoms. The first-order valence-corrected chi connectivity index (χ1v) is 25.3. The van der Waals surface area contributed by atoms with Gasteiger partial charge in [0.25, 0.3) is 0 Å². The van der Waals surface area contributed by atoms with Gasteiger partial charge >= 0.3 is 0 Å². The lowest BCUT2D eigenvalue weighted by atomic mass is 9.68. The van der Waals surface area contributed by atoms with E-state index in [2.05, 4.69) is 72.8 Å². The summed E-state index contributed by atoms with van der Waals surface area (Å²) in [6, 6.07) is 59.4. The van der Waals surface area contributed by atoms with Crippen molar-refractivity contribution in [3.63, 3.8) is 0 Å². The van der Waals surface area contributed by atoms with Gasteiger partial charge in [-0.25, -0.2) is 16.8 Å². The minimum Gasteiger partial charge on any atom is -0.483 e. The summed E-state index contributed by atoms with van der Waals surface area (Å²) >= 11 is 12.6. The predicted molar refractivity (Wildman–Crippen MR) is 263 cm³/mol. The highest BCUT2D eigenvalue weighted by atomic mass is 35.5. The molecule has 10 heteroatoms. The van der Waals surface area contributed by atoms with Crippen molar-refractivity contribution in [1.29, 1.82) is 0 Å². The average Bonchev–Trinajstić information content (AvgIpc) is 3.63. The Morgan fingerprint density at radius 2 is 0.833 bits per heavy atom. The molecule has 8 aromatic rings. The lowest BCUT2D eigenvalue weighted by molar-refractivity contribution is 0.109. The van der Waals surface area contributed by atoms with Crippen molar-refractivity contribution in [2.45, 2.75) is 69.6 Å². The van der Waals surface area contributed by atoms with Crippen molar-refractivity contribution in [2.24, 2.45) is 0 Å². The van der Waals surface area contributed by atoms with Crippen LogP contribution < -0.4 is 9.47 Å². The fourth-order valence-electron chi connectivity index (χ4n) is 8.85. The van der Waals surface area contributed by atoms with E-state index in [1.807, 2.05) is 52.0 Å². The molecule has 0 aromatic heterocycles. The number of hydrogen-bond donors (Lipinski definition) is 0. The van der Waals surface area contributed by atoms with Crippen LogP contribution in [0.4, 0.5) is 0 Å². The van der Waals surface area contributed by atoms with Gasteiger partial charge in [-0.2, -0.15) is 0 Å². The molecule has 0 saturated carbocycles. The van der Waals surface area contributed by atoms with Gasteiger partial charge in [-0.15, -0.1) is 11.6 Å². The van der Waals surface area contributed by atoms with E-state index in [9.17, 15) is 16.8 Å². The second kappa shape index (κ2) is 17.2. The third-order valence-corrected chi connectivity index (χ3v) is 17.0. The predicted octanol–water partition coefficient (Wildman–Crippen LogP) is 14.3. The van der Waals surface area contributed by atoms with E-state index in [1.54, 1.807) is 84.9 Å². The Kier molecular flexibility index (Phi) is 11.8. The smallest absolute Gasteiger partial charge is 0.206 e. The summed E-state index contributed by atoms with van der Waals surface area (Å²) in [6.45, 7) is 7.82. The van der Waals surface area contributed by atoms with Crippen LogP contribution in [0.15, 0.2) is 214 Å². The van der Waals surface area contributed by atoms with Crippen LogP contribution in [-0.4, -0.2) is 16.8 Å². The molecule has 0 fully saturated rings. The molecule has 332 valence electrons. The Morgan fingerprint density at radius 3 is 1.27 bits per heavy atom. The lowest BCUT2D eigenvalue weighted by Gasteiger charge is -2.34. The highest BCUT2D eigenvalue weighted by Crippen LogP contribution is 2.56. The van der Waals surface area contributed by atoms with Crippen LogP contribution in [0, 0.1) is 0 Å². The monoisotopic (exact) mass is 948 g/mol. The van der Waals surface area contributed by atoms with E-state index >= 15 is 0 Å². The van der Waals surface area contributed by atoms with Crippen LogP contribution in [0.3, 0.4) is 0 Å². The fraction of sp³-hybridized carbons (Fsp3) is 0.143. The molecule has 0 aliphatic heterocycles. The third kappa shape index (κ3) is 8.11. The molecule has 0 heterocycles. The minimum atomic E-state index is -3.76. The lowest BCUT2D eigenvalue weighted by Crippen LogP contribution is -2.29. The molecule has 66 heavy (non-hydrogen) atoms. The summed E-state index contributed by atoms with van der Waals surface area (Å²) in [5.74, 6) is 1.76. The number of hydrogen-bond acceptors (Lipinski definition) is 6. The quantitative estimate of drug-likeness (QED) is 0.107. The number of sulfone groups is 2. The van der Waals surface area contributed by atoms with Gasteiger partial charge in [0.05, 0.1) is 29.9 Å². The standard InChI is InChI=1S/C56H46Cl2O6S2/c1-5-55(4,58)39-20-32-47(33-21-39)66(61,62)49-36-28-44(29-37-49)63-43-24-14-40(15-25-43)56(52-12-8-6-10-50(52)51-11-7-9-13-53(51)56)41-16-26-45(27-17-41)64-54(2,3)38-18-30-46(31-19-38)65(59,60)48-34-22-42(57)23-35-48/h6-37H,5H2,1-4H3. The summed E-state index contributed by atoms with van der Waals surface area (Å²) in [4.78, 5) is 0.154. The first kappa shape index (κ1) is 45.0. The molecule has 8 aromatic carbocycles. The van der Waals surface area contributed by atoms with E-state index in [4.69, 9.17) is 32.7 Å². The zero-order valence-corrected chi connectivity index (χ0v) is 39.8. The van der Waals surface area contributed by atoms with E-state index in [0.717, 1.165) is 44.5 Å². The molecular formula is C56H46Cl2O6S2. The molecule has 0 radical (unpaired) electrons. The maximum Gasteiger partial charge on any atom is 0.206 e. The molecule has 0 saturated heterocycles. The zero-order valence-electron chi connectivity index (χ0n) is 36.7. The van der Waals surface area contributed by atoms with E-state index in [0.29, 0.717) is 28.7 Å². The van der Waals surface area contributed by atoms with E-state index in [-0.39, 0.29) is 19.6 Å². The van der Waals surface area contributed by atoms with E-state index in [1.165, 1.54) is 12.1 Å². The second-order valence-corrected chi connectivity index (χ2v) is 22.3. The van der Waals surface area contributed by atoms with Crippen LogP contribution in [0.5, 0.6) is 17.2 Å². The van der Waals surface area contributed by atoms with Crippen LogP contribution in [-0.2, 0) is 35.6 Å². The van der Waals surface area contributed by atoms with Gasteiger partial charge in [-0.3, -0.25) is 0 Å². The van der Waals surface area contributed by atoms with Crippen molar-refractivity contribution in [3.05, 3.63) is 233 Å². The van der Waals surface area contributed by atoms with Crippen LogP contribution in [0.1, 0.15) is 67.5 Å². The number of ether oxygens (including phenoxy) is 2. The normalized spacial score (nSPS) is 14.2. The Labute approximate surface area is 397 Å². The number of fused-ring (bicyclic) bond motifs is 3. The summed E-state index contributed by atoms with van der Waals surface area (Å²) in [7, 11) is -7.49. The van der Waals surface area contributed by atoms with Gasteiger partial charge in [0.15, 0.2) is 0 Å². The topological polar surface area (TPSA) is 86.7 Å². The molecule has 0 amide bonds. The highest BCUT2D eigenvalue weighted by molar-refractivity contribution is 7.91. The van der Waals surface area contributed by atoms with Gasteiger partial charge in [0, 0.05) is 5.02 Å². The van der Waals surface area contributed by atoms with Crippen molar-refractivity contribution < 1.29 is 26.3 Å². The van der Waals surface area contributed by atoms with Gasteiger partial charge in [-0.05, 0) is 169 Å². The highest BCUT2D eigenvalue weighted by Gasteiger charge is 2.46. The first-order chi connectivity index (χ1) is 31.5. The van der Waals surface area contributed by atoms with Crippen molar-refractivity contribution in [2.75, 3.05) is 0 Å². The average molecular weight is 950 g/mol. The molecule has 1 unspecified atom stereocenters. The Balaban J connectivity index is 0.984. The summed E-state index contributed by atoms with van der Waals surface area (Å²) < 4.78 is 66.6. The molecule has 6 nitrogen and oxygen atoms in total. The second-order valence-electron chi connectivity index (χ2n) is 17.1. The van der Waals surface area contributed by atoms with Crippen molar-refractivity contribution >= 4 is 42.9 Å². The maximum absolute atomic E-state index is 13.5. The van der Waals surface area contributed by atoms with Crippen molar-refractivity contribution in [3.8, 4) is 28.4 Å². The largest absolute Gasteiger partial charge is 0.483 e. The zero-order chi connectivity index (χ0) is 46.5. The summed E-state index contributed by atoms with van der Waals surface area (Å²) in [6.07, 6.45) is 0.711. The minimum absolute atomic E-state index is 0.167. The van der Waals surface area contributed by atoms with E-state index < -0.39 is 35.6 Å². The van der Waals surface area contributed by atoms with Gasteiger partial charge in [0.2, 0.25) is 19.7 Å². The molecule has 1 atom stereocenters. The first-order valence-electron chi connectivity index (χ1n) is 21.6. The van der Waals surface area contributed by atoms with Crippen LogP contribution in [0.2, 0.25) is 5.02 Å². The Bertz CT molecular complexity index is 3230. The van der Waals surface area contributed by atoms with Gasteiger partial charge in [-0.1, -0.05) is 116 Å². The summed E-state index contributed by atoms with van der Waals surface area (Å²) in [5.41, 5.74) is 6.89. The SMILES string of the molecule is CCC(C)(Cl)c1ccc(S(=O)(=O)c2ccc(Oc3ccc(C4(c5ccc(OC(C)(C)c6ccc(S(=O)(=O)c7ccc(Cl)cc7)cc6)cc5)c5ccccc5-c5ccccc54)cc3)cc2)cc1. The Morgan fingerprint density at radius 1 is 0.470 bits per heavy atom. The molecular weight excluding hydrogens is 904 g/mol. The molecule has 1 aliphatic rings. The third-order valence-electron chi connectivity index (χ3n) is 12.7. The van der Waals surface area contributed by atoms with Gasteiger partial charge < -0.3 is 9.47 Å². The van der Waals surface area contributed by atoms with Crippen LogP contribution >= 0.6 is 23.2 Å². The fourth-order valence-corrected chi connectivity index (χ4v) is 11.6. The van der Waals surface area contributed by atoms with Crippen molar-refractivity contribution in [1.82, 2.24) is 0 Å². The molecule has 9 rings (SSSR count). The Hall–Kier alpha value is -6.16. The number of rotatable bonds is 13. The number of alkyl halides is 1. The maximum atomic E-state index is 13.5. The molecule has 0 N–H and O–H groups in total. The molecule has 1 aliphatic carbocycles. The number of halogens is 2. The number of benzene rings is 8.